The summed E-state index contributed by atoms with van der Waals surface area (Å²) >= 11 is 9.11. The zero-order valence-electron chi connectivity index (χ0n) is 14.6. The van der Waals surface area contributed by atoms with Gasteiger partial charge in [-0.05, 0) is 35.3 Å². The third kappa shape index (κ3) is 3.77. The molecule has 0 bridgehead atoms. The van der Waals surface area contributed by atoms with Crippen molar-refractivity contribution in [2.75, 3.05) is 0 Å². The van der Waals surface area contributed by atoms with Gasteiger partial charge in [-0.25, -0.2) is 18.2 Å². The number of ether oxygens (including phenoxy) is 1. The Kier molecular flexibility index (Phi) is 5.76. The Balaban J connectivity index is 2.02. The summed E-state index contributed by atoms with van der Waals surface area (Å²) in [4.78, 5) is 20.2. The van der Waals surface area contributed by atoms with Crippen molar-refractivity contribution < 1.29 is 17.9 Å². The largest absolute Gasteiger partial charge is 0.485 e. The van der Waals surface area contributed by atoms with E-state index in [1.165, 1.54) is 12.3 Å². The van der Waals surface area contributed by atoms with Crippen molar-refractivity contribution in [3.63, 3.8) is 0 Å². The Bertz CT molecular complexity index is 1140. The average molecular weight is 475 g/mol. The molecule has 3 rings (SSSR count). The molecule has 10 heteroatoms. The lowest BCUT2D eigenvalue weighted by molar-refractivity contribution is 0.292. The van der Waals surface area contributed by atoms with Gasteiger partial charge in [-0.2, -0.15) is 0 Å². The number of nitrogens with zero attached hydrogens (tertiary/aromatic N) is 3. The van der Waals surface area contributed by atoms with Gasteiger partial charge in [0.1, 0.15) is 33.5 Å². The summed E-state index contributed by atoms with van der Waals surface area (Å²) in [6.07, 6.45) is 2.26. The van der Waals surface area contributed by atoms with Crippen LogP contribution in [0.1, 0.15) is 17.0 Å². The van der Waals surface area contributed by atoms with Gasteiger partial charge in [-0.1, -0.05) is 11.6 Å². The number of pyridine rings is 3. The number of hydrogen-bond donors (Lipinski definition) is 0. The highest BCUT2D eigenvalue weighted by molar-refractivity contribution is 9.10. The third-order valence-electron chi connectivity index (χ3n) is 3.91. The summed E-state index contributed by atoms with van der Waals surface area (Å²) in [5, 5.41) is -0.320. The molecule has 0 N–H and O–H groups in total. The van der Waals surface area contributed by atoms with E-state index in [2.05, 4.69) is 25.9 Å². The quantitative estimate of drug-likeness (QED) is 0.516. The van der Waals surface area contributed by atoms with Crippen molar-refractivity contribution in [3.8, 4) is 11.4 Å². The van der Waals surface area contributed by atoms with E-state index in [0.717, 1.165) is 10.8 Å². The minimum absolute atomic E-state index is 0.00377. The minimum Gasteiger partial charge on any atom is -0.485 e. The van der Waals surface area contributed by atoms with Crippen LogP contribution in [0.5, 0.6) is 5.75 Å². The molecule has 5 nitrogen and oxygen atoms in total. The average Bonchev–Trinajstić information content (AvgIpc) is 2.64. The van der Waals surface area contributed by atoms with E-state index in [1.54, 1.807) is 13.8 Å². The lowest BCUT2D eigenvalue weighted by atomic mass is 10.2. The number of aryl methyl sites for hydroxylation is 2. The van der Waals surface area contributed by atoms with Crippen LogP contribution < -0.4 is 10.3 Å². The molecular formula is C18H12BrClF3N3O2. The van der Waals surface area contributed by atoms with Crippen molar-refractivity contribution in [2.45, 2.75) is 20.5 Å². The summed E-state index contributed by atoms with van der Waals surface area (Å²) in [5.41, 5.74) is -0.113. The van der Waals surface area contributed by atoms with Gasteiger partial charge in [-0.3, -0.25) is 14.3 Å². The van der Waals surface area contributed by atoms with Gasteiger partial charge in [0.25, 0.3) is 5.56 Å². The Hall–Kier alpha value is -2.39. The van der Waals surface area contributed by atoms with Gasteiger partial charge < -0.3 is 4.74 Å². The molecule has 0 radical (unpaired) electrons. The molecule has 3 aromatic rings. The lowest BCUT2D eigenvalue weighted by Gasteiger charge is -2.16. The second kappa shape index (κ2) is 7.92. The van der Waals surface area contributed by atoms with Crippen LogP contribution in [0.15, 0.2) is 33.9 Å². The molecule has 0 amide bonds. The molecule has 3 aromatic heterocycles. The van der Waals surface area contributed by atoms with Crippen LogP contribution in [0.3, 0.4) is 0 Å². The highest BCUT2D eigenvalue weighted by Gasteiger charge is 2.20. The second-order valence-electron chi connectivity index (χ2n) is 5.87. The summed E-state index contributed by atoms with van der Waals surface area (Å²) in [6.45, 7) is 2.79. The summed E-state index contributed by atoms with van der Waals surface area (Å²) in [7, 11) is 0. The first kappa shape index (κ1) is 20.3. The standard InChI is InChI=1S/C18H12BrClF3N3O2/c1-8-5-25-17(19)15(23)16(8)26-9(2)3-13(14(20)18(26)27)28-7-12-11(22)4-10(21)6-24-12/h3-6H,7H2,1-2H3. The molecule has 0 fully saturated rings. The highest BCUT2D eigenvalue weighted by Crippen LogP contribution is 2.28. The van der Waals surface area contributed by atoms with Crippen molar-refractivity contribution in [1.29, 1.82) is 0 Å². The second-order valence-corrected chi connectivity index (χ2v) is 7.00. The molecule has 0 atom stereocenters. The molecule has 0 aliphatic rings. The molecule has 0 saturated heterocycles. The van der Waals surface area contributed by atoms with Gasteiger partial charge in [0, 0.05) is 24.0 Å². The maximum Gasteiger partial charge on any atom is 0.278 e. The summed E-state index contributed by atoms with van der Waals surface area (Å²) in [6, 6.07) is 2.09. The zero-order chi connectivity index (χ0) is 20.6. The molecule has 0 spiro atoms. The van der Waals surface area contributed by atoms with E-state index in [9.17, 15) is 18.0 Å². The minimum atomic E-state index is -0.888. The van der Waals surface area contributed by atoms with Crippen LogP contribution >= 0.6 is 27.5 Å². The van der Waals surface area contributed by atoms with Crippen LogP contribution in [-0.4, -0.2) is 14.5 Å². The van der Waals surface area contributed by atoms with Crippen LogP contribution in [0.4, 0.5) is 13.2 Å². The molecule has 3 heterocycles. The van der Waals surface area contributed by atoms with Crippen molar-refractivity contribution in [3.05, 3.63) is 78.9 Å². The summed E-state index contributed by atoms with van der Waals surface area (Å²) < 4.78 is 47.6. The molecule has 146 valence electrons. The summed E-state index contributed by atoms with van der Waals surface area (Å²) in [5.74, 6) is -2.45. The number of rotatable bonds is 4. The van der Waals surface area contributed by atoms with E-state index in [0.29, 0.717) is 17.3 Å². The SMILES string of the molecule is Cc1cnc(Br)c(F)c1-n1c(C)cc(OCc2ncc(F)cc2F)c(Cl)c1=O. The Labute approximate surface area is 170 Å². The molecular weight excluding hydrogens is 463 g/mol. The monoisotopic (exact) mass is 473 g/mol. The van der Waals surface area contributed by atoms with E-state index in [4.69, 9.17) is 16.3 Å². The van der Waals surface area contributed by atoms with Gasteiger partial charge in [-0.15, -0.1) is 0 Å². The third-order valence-corrected chi connectivity index (χ3v) is 4.81. The Morgan fingerprint density at radius 3 is 2.57 bits per heavy atom. The van der Waals surface area contributed by atoms with Gasteiger partial charge in [0.05, 0.1) is 11.9 Å². The molecule has 0 saturated carbocycles. The topological polar surface area (TPSA) is 57.0 Å². The van der Waals surface area contributed by atoms with Crippen molar-refractivity contribution >= 4 is 27.5 Å². The Morgan fingerprint density at radius 2 is 1.89 bits per heavy atom. The van der Waals surface area contributed by atoms with Gasteiger partial charge in [0.2, 0.25) is 0 Å². The number of hydrogen-bond acceptors (Lipinski definition) is 4. The fourth-order valence-electron chi connectivity index (χ4n) is 2.58. The fourth-order valence-corrected chi connectivity index (χ4v) is 3.06. The van der Waals surface area contributed by atoms with Crippen molar-refractivity contribution in [2.24, 2.45) is 0 Å². The van der Waals surface area contributed by atoms with E-state index < -0.39 is 23.0 Å². The highest BCUT2D eigenvalue weighted by atomic mass is 79.9. The molecule has 0 aromatic carbocycles. The maximum absolute atomic E-state index is 14.6. The van der Waals surface area contributed by atoms with Crippen molar-refractivity contribution in [1.82, 2.24) is 14.5 Å². The van der Waals surface area contributed by atoms with E-state index >= 15 is 0 Å². The van der Waals surface area contributed by atoms with Crippen LogP contribution in [0.25, 0.3) is 5.69 Å². The number of halogens is 5. The van der Waals surface area contributed by atoms with Crippen LogP contribution in [0, 0.1) is 31.3 Å². The smallest absolute Gasteiger partial charge is 0.278 e. The van der Waals surface area contributed by atoms with Gasteiger partial charge >= 0.3 is 0 Å². The van der Waals surface area contributed by atoms with E-state index in [1.807, 2.05) is 0 Å². The van der Waals surface area contributed by atoms with Crippen LogP contribution in [0.2, 0.25) is 5.02 Å². The van der Waals surface area contributed by atoms with Gasteiger partial charge in [0.15, 0.2) is 11.6 Å². The fraction of sp³-hybridized carbons (Fsp3) is 0.167. The molecule has 0 unspecified atom stereocenters. The van der Waals surface area contributed by atoms with Crippen LogP contribution in [-0.2, 0) is 6.61 Å². The van der Waals surface area contributed by atoms with E-state index in [-0.39, 0.29) is 33.4 Å². The Morgan fingerprint density at radius 1 is 1.18 bits per heavy atom. The first-order chi connectivity index (χ1) is 13.2. The first-order valence-electron chi connectivity index (χ1n) is 7.86. The predicted octanol–water partition coefficient (Wildman–Crippen LogP) is 4.66. The zero-order valence-corrected chi connectivity index (χ0v) is 16.9. The normalized spacial score (nSPS) is 11.0. The first-order valence-corrected chi connectivity index (χ1v) is 9.03. The number of aromatic nitrogens is 3. The predicted molar refractivity (Wildman–Crippen MR) is 100 cm³/mol. The molecule has 0 aliphatic heterocycles. The molecule has 28 heavy (non-hydrogen) atoms. The lowest BCUT2D eigenvalue weighted by Crippen LogP contribution is -2.24. The maximum atomic E-state index is 14.6. The molecule has 0 aliphatic carbocycles.